The van der Waals surface area contributed by atoms with Crippen molar-refractivity contribution in [3.8, 4) is 0 Å². The molecule has 0 unspecified atom stereocenters. The van der Waals surface area contributed by atoms with E-state index in [2.05, 4.69) is 28.8 Å². The van der Waals surface area contributed by atoms with Gasteiger partial charge < -0.3 is 4.98 Å². The maximum atomic E-state index is 4.53. The van der Waals surface area contributed by atoms with Crippen LogP contribution in [0.2, 0.25) is 0 Å². The van der Waals surface area contributed by atoms with Crippen LogP contribution in [0, 0.1) is 13.8 Å². The molecule has 0 bridgehead atoms. The maximum Gasteiger partial charge on any atom is 0.110 e. The highest BCUT2D eigenvalue weighted by atomic mass is 14.9. The maximum absolute atomic E-state index is 4.53. The van der Waals surface area contributed by atoms with Gasteiger partial charge in [-0.1, -0.05) is 13.8 Å². The van der Waals surface area contributed by atoms with Gasteiger partial charge in [0, 0.05) is 11.6 Å². The first-order valence-corrected chi connectivity index (χ1v) is 4.92. The Hall–Kier alpha value is -1.38. The lowest BCUT2D eigenvalue weighted by Gasteiger charge is -1.95. The Balaban J connectivity index is 2.70. The number of hydrogen-bond donors (Lipinski definition) is 1. The lowest BCUT2D eigenvalue weighted by molar-refractivity contribution is 0.799. The summed E-state index contributed by atoms with van der Waals surface area (Å²) in [5, 5.41) is 0. The van der Waals surface area contributed by atoms with Gasteiger partial charge in [0.15, 0.2) is 0 Å². The van der Waals surface area contributed by atoms with Gasteiger partial charge in [-0.25, -0.2) is 4.98 Å². The minimum absolute atomic E-state index is 0.433. The molecule has 74 valence electrons. The van der Waals surface area contributed by atoms with Gasteiger partial charge in [0.1, 0.15) is 11.3 Å². The molecule has 2 aromatic rings. The molecule has 3 nitrogen and oxygen atoms in total. The van der Waals surface area contributed by atoms with Crippen LogP contribution in [0.25, 0.3) is 11.0 Å². The summed E-state index contributed by atoms with van der Waals surface area (Å²) in [6.07, 6.45) is 0. The van der Waals surface area contributed by atoms with Gasteiger partial charge >= 0.3 is 0 Å². The number of rotatable bonds is 1. The van der Waals surface area contributed by atoms with Gasteiger partial charge in [0.25, 0.3) is 0 Å². The highest BCUT2D eigenvalue weighted by molar-refractivity contribution is 5.77. The summed E-state index contributed by atoms with van der Waals surface area (Å²) in [5.74, 6) is 1.47. The van der Waals surface area contributed by atoms with Crippen molar-refractivity contribution in [3.05, 3.63) is 23.3 Å². The zero-order chi connectivity index (χ0) is 10.3. The molecule has 2 aromatic heterocycles. The highest BCUT2D eigenvalue weighted by Crippen LogP contribution is 2.19. The van der Waals surface area contributed by atoms with Crippen LogP contribution in [-0.2, 0) is 0 Å². The summed E-state index contributed by atoms with van der Waals surface area (Å²) in [6, 6.07) is 2.04. The SMILES string of the molecule is Cc1cc2[nH]c(C(C)C)nc2c(C)n1. The van der Waals surface area contributed by atoms with Crippen LogP contribution in [0.1, 0.15) is 37.0 Å². The number of nitrogens with zero attached hydrogens (tertiary/aromatic N) is 2. The summed E-state index contributed by atoms with van der Waals surface area (Å²) in [5.41, 5.74) is 4.13. The van der Waals surface area contributed by atoms with Crippen LogP contribution < -0.4 is 0 Å². The Labute approximate surface area is 83.6 Å². The molecule has 0 aromatic carbocycles. The third-order valence-electron chi connectivity index (χ3n) is 2.34. The van der Waals surface area contributed by atoms with Crippen LogP contribution in [0.15, 0.2) is 6.07 Å². The van der Waals surface area contributed by atoms with E-state index in [0.717, 1.165) is 28.2 Å². The molecule has 0 aliphatic carbocycles. The van der Waals surface area contributed by atoms with E-state index in [-0.39, 0.29) is 0 Å². The zero-order valence-electron chi connectivity index (χ0n) is 9.05. The van der Waals surface area contributed by atoms with Crippen LogP contribution in [0.4, 0.5) is 0 Å². The van der Waals surface area contributed by atoms with E-state index in [4.69, 9.17) is 0 Å². The van der Waals surface area contributed by atoms with E-state index in [1.54, 1.807) is 0 Å². The number of aromatic amines is 1. The van der Waals surface area contributed by atoms with Crippen LogP contribution in [0.3, 0.4) is 0 Å². The van der Waals surface area contributed by atoms with E-state index in [1.165, 1.54) is 0 Å². The number of fused-ring (bicyclic) bond motifs is 1. The van der Waals surface area contributed by atoms with Crippen molar-refractivity contribution < 1.29 is 0 Å². The second-order valence-corrected chi connectivity index (χ2v) is 4.02. The molecule has 0 atom stereocenters. The highest BCUT2D eigenvalue weighted by Gasteiger charge is 2.08. The third kappa shape index (κ3) is 1.39. The van der Waals surface area contributed by atoms with Crippen molar-refractivity contribution in [1.29, 1.82) is 0 Å². The van der Waals surface area contributed by atoms with Gasteiger partial charge in [-0.2, -0.15) is 0 Å². The summed E-state index contributed by atoms with van der Waals surface area (Å²) in [7, 11) is 0. The number of aryl methyl sites for hydroxylation is 2. The van der Waals surface area contributed by atoms with Crippen LogP contribution in [-0.4, -0.2) is 15.0 Å². The van der Waals surface area contributed by atoms with Crippen molar-refractivity contribution in [1.82, 2.24) is 15.0 Å². The predicted octanol–water partition coefficient (Wildman–Crippen LogP) is 2.70. The number of pyridine rings is 1. The van der Waals surface area contributed by atoms with E-state index < -0.39 is 0 Å². The Kier molecular flexibility index (Phi) is 2.02. The number of imidazole rings is 1. The monoisotopic (exact) mass is 189 g/mol. The summed E-state index contributed by atoms with van der Waals surface area (Å²) >= 11 is 0. The Morgan fingerprint density at radius 2 is 1.93 bits per heavy atom. The van der Waals surface area contributed by atoms with Crippen molar-refractivity contribution in [2.45, 2.75) is 33.6 Å². The van der Waals surface area contributed by atoms with Gasteiger partial charge in [0.05, 0.1) is 11.2 Å². The van der Waals surface area contributed by atoms with E-state index >= 15 is 0 Å². The smallest absolute Gasteiger partial charge is 0.110 e. The van der Waals surface area contributed by atoms with Crippen molar-refractivity contribution >= 4 is 11.0 Å². The topological polar surface area (TPSA) is 41.6 Å². The molecule has 2 rings (SSSR count). The molecule has 0 saturated heterocycles. The third-order valence-corrected chi connectivity index (χ3v) is 2.34. The Bertz CT molecular complexity index is 469. The summed E-state index contributed by atoms with van der Waals surface area (Å²) in [6.45, 7) is 8.27. The van der Waals surface area contributed by atoms with Gasteiger partial charge in [-0.15, -0.1) is 0 Å². The lowest BCUT2D eigenvalue weighted by Crippen LogP contribution is -1.88. The fourth-order valence-electron chi connectivity index (χ4n) is 1.62. The molecular formula is C11H15N3. The normalized spacial score (nSPS) is 11.5. The molecule has 0 amide bonds. The Morgan fingerprint density at radius 3 is 2.57 bits per heavy atom. The van der Waals surface area contributed by atoms with E-state index in [9.17, 15) is 0 Å². The van der Waals surface area contributed by atoms with Crippen LogP contribution >= 0.6 is 0 Å². The molecule has 0 spiro atoms. The molecule has 1 N–H and O–H groups in total. The minimum Gasteiger partial charge on any atom is -0.342 e. The number of hydrogen-bond acceptors (Lipinski definition) is 2. The molecular weight excluding hydrogens is 174 g/mol. The summed E-state index contributed by atoms with van der Waals surface area (Å²) in [4.78, 5) is 12.3. The standard InChI is InChI=1S/C11H15N3/c1-6(2)11-13-9-5-7(3)12-8(4)10(9)14-11/h5-6H,1-4H3,(H,13,14). The average molecular weight is 189 g/mol. The number of nitrogens with one attached hydrogen (secondary N) is 1. The van der Waals surface area contributed by atoms with Gasteiger partial charge in [-0.05, 0) is 19.9 Å². The fraction of sp³-hybridized carbons (Fsp3) is 0.455. The average Bonchev–Trinajstić information content (AvgIpc) is 2.47. The predicted molar refractivity (Wildman–Crippen MR) is 57.5 cm³/mol. The first kappa shape index (κ1) is 9.19. The quantitative estimate of drug-likeness (QED) is 0.749. The van der Waals surface area contributed by atoms with Crippen molar-refractivity contribution in [2.24, 2.45) is 0 Å². The molecule has 3 heteroatoms. The first-order chi connectivity index (χ1) is 6.58. The van der Waals surface area contributed by atoms with Gasteiger partial charge in [0.2, 0.25) is 0 Å². The van der Waals surface area contributed by atoms with Gasteiger partial charge in [-0.3, -0.25) is 4.98 Å². The molecule has 0 aliphatic heterocycles. The van der Waals surface area contributed by atoms with E-state index in [0.29, 0.717) is 5.92 Å². The van der Waals surface area contributed by atoms with Crippen LogP contribution in [0.5, 0.6) is 0 Å². The van der Waals surface area contributed by atoms with E-state index in [1.807, 2.05) is 19.9 Å². The molecule has 0 aliphatic rings. The Morgan fingerprint density at radius 1 is 1.21 bits per heavy atom. The fourth-order valence-corrected chi connectivity index (χ4v) is 1.62. The second kappa shape index (κ2) is 3.08. The number of aromatic nitrogens is 3. The molecule has 0 radical (unpaired) electrons. The zero-order valence-corrected chi connectivity index (χ0v) is 9.05. The molecule has 0 fully saturated rings. The lowest BCUT2D eigenvalue weighted by atomic mass is 10.2. The first-order valence-electron chi connectivity index (χ1n) is 4.92. The second-order valence-electron chi connectivity index (χ2n) is 4.02. The molecule has 14 heavy (non-hydrogen) atoms. The number of H-pyrrole nitrogens is 1. The minimum atomic E-state index is 0.433. The molecule has 0 saturated carbocycles. The largest absolute Gasteiger partial charge is 0.342 e. The summed E-state index contributed by atoms with van der Waals surface area (Å²) < 4.78 is 0. The molecule has 2 heterocycles. The van der Waals surface area contributed by atoms with Crippen molar-refractivity contribution in [3.63, 3.8) is 0 Å². The van der Waals surface area contributed by atoms with Crippen molar-refractivity contribution in [2.75, 3.05) is 0 Å².